The SMILES string of the molecule is CC[C@@]1(O)C(=O)OCC2=C1C=C1c3nc4cc(F)c(C)c5c4c(c3CN1C2)[C@@H](NC(=O)CO)CC5. The van der Waals surface area contributed by atoms with Gasteiger partial charge in [0.15, 0.2) is 5.60 Å². The molecule has 0 radical (unpaired) electrons. The highest BCUT2D eigenvalue weighted by Gasteiger charge is 2.47. The molecule has 1 aromatic carbocycles. The molecule has 0 saturated heterocycles. The first-order valence-electron chi connectivity index (χ1n) is 11.9. The Morgan fingerprint density at radius 1 is 1.37 bits per heavy atom. The van der Waals surface area contributed by atoms with Crippen molar-refractivity contribution in [2.45, 2.75) is 51.3 Å². The maximum absolute atomic E-state index is 14.9. The van der Waals surface area contributed by atoms with Gasteiger partial charge in [0.25, 0.3) is 0 Å². The molecule has 8 nitrogen and oxygen atoms in total. The number of nitrogens with zero attached hydrogens (tertiary/aromatic N) is 2. The predicted octanol–water partition coefficient (Wildman–Crippen LogP) is 1.94. The van der Waals surface area contributed by atoms with Crippen molar-refractivity contribution in [2.75, 3.05) is 19.8 Å². The van der Waals surface area contributed by atoms with Crippen LogP contribution in [0.25, 0.3) is 16.6 Å². The molecule has 0 saturated carbocycles. The summed E-state index contributed by atoms with van der Waals surface area (Å²) in [7, 11) is 0. The lowest BCUT2D eigenvalue weighted by atomic mass is 9.81. The highest BCUT2D eigenvalue weighted by atomic mass is 19.1. The van der Waals surface area contributed by atoms with Crippen LogP contribution in [0.1, 0.15) is 53.8 Å². The minimum absolute atomic E-state index is 0.124. The van der Waals surface area contributed by atoms with Crippen molar-refractivity contribution >= 4 is 28.5 Å². The fourth-order valence-electron chi connectivity index (χ4n) is 6.06. The second-order valence-corrected chi connectivity index (χ2v) is 9.72. The molecule has 9 heteroatoms. The number of benzene rings is 1. The number of cyclic esters (lactones) is 1. The van der Waals surface area contributed by atoms with Crippen LogP contribution in [-0.4, -0.2) is 57.3 Å². The average molecular weight is 480 g/mol. The lowest BCUT2D eigenvalue weighted by Gasteiger charge is -2.37. The molecule has 0 unspecified atom stereocenters. The molecular formula is C26H26FN3O5. The van der Waals surface area contributed by atoms with Crippen LogP contribution in [0.4, 0.5) is 4.39 Å². The Balaban J connectivity index is 1.59. The van der Waals surface area contributed by atoms with Crippen molar-refractivity contribution in [3.8, 4) is 0 Å². The zero-order chi connectivity index (χ0) is 24.6. The number of aryl methyl sites for hydroxylation is 1. The quantitative estimate of drug-likeness (QED) is 0.577. The molecule has 4 heterocycles. The van der Waals surface area contributed by atoms with Gasteiger partial charge in [-0.05, 0) is 54.5 Å². The van der Waals surface area contributed by atoms with E-state index in [1.54, 1.807) is 13.8 Å². The number of rotatable bonds is 3. The van der Waals surface area contributed by atoms with E-state index in [0.717, 1.165) is 33.3 Å². The van der Waals surface area contributed by atoms with E-state index in [1.165, 1.54) is 6.07 Å². The third-order valence-corrected chi connectivity index (χ3v) is 7.90. The standard InChI is InChI=1S/C26H26FN3O5/c1-3-26(34)16-6-20-24-15(9-30(20)8-13(16)11-35-25(26)33)23-18(28-21(32)10-31)5-4-14-12(2)17(27)7-19(29-24)22(14)23/h6-7,18,31,34H,3-5,8-11H2,1-2H3,(H,28,32)/t18-,26-/m0/s1. The van der Waals surface area contributed by atoms with Gasteiger partial charge in [-0.25, -0.2) is 14.2 Å². The molecule has 1 amide bonds. The number of halogens is 1. The molecular weight excluding hydrogens is 453 g/mol. The summed E-state index contributed by atoms with van der Waals surface area (Å²) in [6.07, 6.45) is 3.17. The van der Waals surface area contributed by atoms with Crippen LogP contribution in [0.2, 0.25) is 0 Å². The topological polar surface area (TPSA) is 112 Å². The van der Waals surface area contributed by atoms with Gasteiger partial charge in [-0.15, -0.1) is 0 Å². The molecule has 1 aromatic heterocycles. The van der Waals surface area contributed by atoms with E-state index >= 15 is 0 Å². The maximum Gasteiger partial charge on any atom is 0.343 e. The van der Waals surface area contributed by atoms with Crippen molar-refractivity contribution in [1.29, 1.82) is 0 Å². The Kier molecular flexibility index (Phi) is 4.82. The van der Waals surface area contributed by atoms with E-state index in [9.17, 15) is 24.2 Å². The first-order valence-corrected chi connectivity index (χ1v) is 11.9. The van der Waals surface area contributed by atoms with Crippen molar-refractivity contribution < 1.29 is 28.9 Å². The summed E-state index contributed by atoms with van der Waals surface area (Å²) in [6, 6.07) is 1.10. The molecule has 0 fully saturated rings. The fourth-order valence-corrected chi connectivity index (χ4v) is 6.06. The van der Waals surface area contributed by atoms with Crippen molar-refractivity contribution in [3.05, 3.63) is 57.1 Å². The molecule has 182 valence electrons. The van der Waals surface area contributed by atoms with Crippen LogP contribution in [-0.2, 0) is 27.3 Å². The first-order chi connectivity index (χ1) is 16.8. The van der Waals surface area contributed by atoms with Crippen LogP contribution in [0, 0.1) is 12.7 Å². The van der Waals surface area contributed by atoms with Gasteiger partial charge < -0.3 is 25.2 Å². The summed E-state index contributed by atoms with van der Waals surface area (Å²) in [4.78, 5) is 31.6. The Bertz CT molecular complexity index is 1400. The Labute approximate surface area is 201 Å². The van der Waals surface area contributed by atoms with E-state index in [4.69, 9.17) is 9.72 Å². The zero-order valence-electron chi connectivity index (χ0n) is 19.6. The lowest BCUT2D eigenvalue weighted by molar-refractivity contribution is -0.163. The van der Waals surface area contributed by atoms with Gasteiger partial charge in [-0.1, -0.05) is 6.92 Å². The van der Waals surface area contributed by atoms with Gasteiger partial charge >= 0.3 is 5.97 Å². The molecule has 2 aromatic rings. The Hall–Kier alpha value is -3.30. The number of aromatic nitrogens is 1. The molecule has 2 atom stereocenters. The number of amides is 1. The number of hydrogen-bond donors (Lipinski definition) is 3. The summed E-state index contributed by atoms with van der Waals surface area (Å²) in [5.41, 5.74) is 4.94. The van der Waals surface area contributed by atoms with E-state index in [1.807, 2.05) is 6.08 Å². The molecule has 3 aliphatic heterocycles. The number of aliphatic hydroxyl groups excluding tert-OH is 1. The summed E-state index contributed by atoms with van der Waals surface area (Å²) >= 11 is 0. The van der Waals surface area contributed by atoms with Crippen LogP contribution < -0.4 is 5.32 Å². The number of fused-ring (bicyclic) bond motifs is 4. The van der Waals surface area contributed by atoms with Gasteiger partial charge in [-0.3, -0.25) is 4.79 Å². The number of carbonyl (C=O) groups is 2. The average Bonchev–Trinajstić information content (AvgIpc) is 3.21. The lowest BCUT2D eigenvalue weighted by Crippen LogP contribution is -2.47. The molecule has 6 rings (SSSR count). The van der Waals surface area contributed by atoms with Crippen LogP contribution >= 0.6 is 0 Å². The number of aliphatic hydroxyl groups is 2. The molecule has 4 aliphatic rings. The Morgan fingerprint density at radius 3 is 2.91 bits per heavy atom. The largest absolute Gasteiger partial charge is 0.459 e. The van der Waals surface area contributed by atoms with Crippen molar-refractivity contribution in [1.82, 2.24) is 15.2 Å². The second-order valence-electron chi connectivity index (χ2n) is 9.72. The van der Waals surface area contributed by atoms with Crippen molar-refractivity contribution in [3.63, 3.8) is 0 Å². The van der Waals surface area contributed by atoms with Crippen molar-refractivity contribution in [2.24, 2.45) is 0 Å². The summed E-state index contributed by atoms with van der Waals surface area (Å²) in [6.45, 7) is 4.01. The highest BCUT2D eigenvalue weighted by molar-refractivity contribution is 5.94. The second kappa shape index (κ2) is 7.60. The maximum atomic E-state index is 14.9. The van der Waals surface area contributed by atoms with Gasteiger partial charge in [0.2, 0.25) is 5.91 Å². The molecule has 1 aliphatic carbocycles. The third kappa shape index (κ3) is 3.01. The van der Waals surface area contributed by atoms with Crippen LogP contribution in [0.3, 0.4) is 0 Å². The normalized spacial score (nSPS) is 24.6. The minimum Gasteiger partial charge on any atom is -0.459 e. The monoisotopic (exact) mass is 479 g/mol. The smallest absolute Gasteiger partial charge is 0.343 e. The minimum atomic E-state index is -1.71. The number of pyridine rings is 1. The van der Waals surface area contributed by atoms with E-state index < -0.39 is 24.1 Å². The van der Waals surface area contributed by atoms with E-state index in [2.05, 4.69) is 10.2 Å². The molecule has 3 N–H and O–H groups in total. The zero-order valence-corrected chi connectivity index (χ0v) is 19.6. The fraction of sp³-hybridized carbons (Fsp3) is 0.423. The molecule has 35 heavy (non-hydrogen) atoms. The number of ether oxygens (including phenoxy) is 1. The number of hydrogen-bond acceptors (Lipinski definition) is 7. The number of nitrogens with one attached hydrogen (secondary N) is 1. The Morgan fingerprint density at radius 2 is 2.17 bits per heavy atom. The number of esters is 1. The molecule has 0 spiro atoms. The third-order valence-electron chi connectivity index (χ3n) is 7.90. The van der Waals surface area contributed by atoms with Gasteiger partial charge in [0.1, 0.15) is 19.0 Å². The van der Waals surface area contributed by atoms with E-state index in [-0.39, 0.29) is 24.9 Å². The summed E-state index contributed by atoms with van der Waals surface area (Å²) < 4.78 is 20.1. The highest BCUT2D eigenvalue weighted by Crippen LogP contribution is 2.48. The van der Waals surface area contributed by atoms with Crippen LogP contribution in [0.15, 0.2) is 23.3 Å². The van der Waals surface area contributed by atoms with Crippen LogP contribution in [0.5, 0.6) is 0 Å². The first kappa shape index (κ1) is 22.2. The predicted molar refractivity (Wildman–Crippen MR) is 124 cm³/mol. The summed E-state index contributed by atoms with van der Waals surface area (Å²) in [5, 5.41) is 24.3. The van der Waals surface area contributed by atoms with Gasteiger partial charge in [0.05, 0.1) is 22.9 Å². The molecule has 0 bridgehead atoms. The van der Waals surface area contributed by atoms with E-state index in [0.29, 0.717) is 48.3 Å². The summed E-state index contributed by atoms with van der Waals surface area (Å²) in [5.74, 6) is -1.44. The number of carbonyl (C=O) groups excluding carboxylic acids is 2. The van der Waals surface area contributed by atoms with Gasteiger partial charge in [0, 0.05) is 35.7 Å². The van der Waals surface area contributed by atoms with Gasteiger partial charge in [-0.2, -0.15) is 0 Å².